The van der Waals surface area contributed by atoms with E-state index >= 15 is 0 Å². The van der Waals surface area contributed by atoms with Crippen LogP contribution in [0.3, 0.4) is 0 Å². The number of hydrogen-bond acceptors (Lipinski definition) is 6. The number of sulfonamides is 1. The molecule has 7 nitrogen and oxygen atoms in total. The lowest BCUT2D eigenvalue weighted by molar-refractivity contribution is -0.384. The first-order valence-electron chi connectivity index (χ1n) is 5.57. The smallest absolute Gasteiger partial charge is 0.300 e. The molecular weight excluding hydrogens is 314 g/mol. The second-order valence-corrected chi connectivity index (χ2v) is 7.77. The summed E-state index contributed by atoms with van der Waals surface area (Å²) in [4.78, 5) is 9.93. The van der Waals surface area contributed by atoms with Crippen LogP contribution in [-0.2, 0) is 10.0 Å². The Balaban J connectivity index is 2.10. The first kappa shape index (κ1) is 14.7. The average molecular weight is 326 g/mol. The van der Waals surface area contributed by atoms with Crippen LogP contribution in [0.2, 0.25) is 4.34 Å². The molecule has 0 radical (unpaired) electrons. The minimum Gasteiger partial charge on any atom is -0.313 e. The van der Waals surface area contributed by atoms with E-state index in [1.165, 1.54) is 0 Å². The predicted octanol–water partition coefficient (Wildman–Crippen LogP) is 1.34. The maximum atomic E-state index is 12.0. The summed E-state index contributed by atoms with van der Waals surface area (Å²) in [5.41, 5.74) is -0.383. The van der Waals surface area contributed by atoms with E-state index in [1.807, 2.05) is 0 Å². The van der Waals surface area contributed by atoms with Crippen LogP contribution in [0, 0.1) is 10.1 Å². The lowest BCUT2D eigenvalue weighted by atomic mass is 10.2. The summed E-state index contributed by atoms with van der Waals surface area (Å²) in [5, 5.41) is 13.8. The van der Waals surface area contributed by atoms with E-state index in [1.54, 1.807) is 0 Å². The van der Waals surface area contributed by atoms with Gasteiger partial charge in [-0.05, 0) is 19.4 Å². The fourth-order valence-corrected chi connectivity index (χ4v) is 4.60. The van der Waals surface area contributed by atoms with E-state index in [9.17, 15) is 18.5 Å². The summed E-state index contributed by atoms with van der Waals surface area (Å²) in [5.74, 6) is 0. The van der Waals surface area contributed by atoms with Crippen molar-refractivity contribution in [2.75, 3.05) is 13.1 Å². The van der Waals surface area contributed by atoms with Gasteiger partial charge in [-0.3, -0.25) is 10.1 Å². The Bertz CT molecular complexity index is 580. The van der Waals surface area contributed by atoms with Crippen molar-refractivity contribution in [3.63, 3.8) is 0 Å². The van der Waals surface area contributed by atoms with Crippen molar-refractivity contribution in [2.24, 2.45) is 0 Å². The molecule has 0 bridgehead atoms. The zero-order valence-electron chi connectivity index (χ0n) is 9.76. The van der Waals surface area contributed by atoms with Gasteiger partial charge in [-0.2, -0.15) is 0 Å². The fourth-order valence-electron chi connectivity index (χ4n) is 1.81. The van der Waals surface area contributed by atoms with Crippen molar-refractivity contribution in [3.8, 4) is 0 Å². The Hall–Kier alpha value is -0.740. The lowest BCUT2D eigenvalue weighted by Gasteiger charge is -2.10. The molecule has 1 aromatic heterocycles. The maximum Gasteiger partial charge on any atom is 0.300 e. The van der Waals surface area contributed by atoms with E-state index in [-0.39, 0.29) is 26.8 Å². The molecule has 1 saturated heterocycles. The van der Waals surface area contributed by atoms with Gasteiger partial charge >= 0.3 is 0 Å². The molecule has 0 saturated carbocycles. The number of rotatable bonds is 5. The van der Waals surface area contributed by atoms with Crippen LogP contribution >= 0.6 is 22.9 Å². The number of thiophene rings is 1. The summed E-state index contributed by atoms with van der Waals surface area (Å²) >= 11 is 6.33. The van der Waals surface area contributed by atoms with Gasteiger partial charge in [0.05, 0.1) is 4.92 Å². The van der Waals surface area contributed by atoms with Gasteiger partial charge in [0.15, 0.2) is 4.34 Å². The molecule has 2 rings (SSSR count). The van der Waals surface area contributed by atoms with Crippen LogP contribution in [0.4, 0.5) is 5.69 Å². The van der Waals surface area contributed by atoms with Crippen molar-refractivity contribution in [2.45, 2.75) is 23.1 Å². The Morgan fingerprint density at radius 2 is 2.37 bits per heavy atom. The minimum absolute atomic E-state index is 0.111. The Kier molecular flexibility index (Phi) is 4.41. The maximum absolute atomic E-state index is 12.0. The van der Waals surface area contributed by atoms with Gasteiger partial charge in [-0.25, -0.2) is 13.1 Å². The highest BCUT2D eigenvalue weighted by Gasteiger charge is 2.26. The lowest BCUT2D eigenvalue weighted by Crippen LogP contribution is -2.36. The van der Waals surface area contributed by atoms with E-state index in [4.69, 9.17) is 11.6 Å². The van der Waals surface area contributed by atoms with Crippen molar-refractivity contribution in [1.82, 2.24) is 10.0 Å². The standard InChI is InChI=1S/C9H12ClN3O4S2/c10-9-7(13(14)15)4-8(18-9)19(16,17)12-5-6-2-1-3-11-6/h4,6,11-12H,1-3,5H2. The SMILES string of the molecule is O=[N+]([O-])c1cc(S(=O)(=O)NCC2CCCN2)sc1Cl. The Morgan fingerprint density at radius 1 is 1.63 bits per heavy atom. The van der Waals surface area contributed by atoms with Gasteiger partial charge in [0, 0.05) is 18.7 Å². The average Bonchev–Trinajstić information content (AvgIpc) is 2.95. The minimum atomic E-state index is -3.74. The van der Waals surface area contributed by atoms with Crippen molar-refractivity contribution in [1.29, 1.82) is 0 Å². The summed E-state index contributed by atoms with van der Waals surface area (Å²) in [7, 11) is -3.74. The van der Waals surface area contributed by atoms with Crippen LogP contribution in [0.5, 0.6) is 0 Å². The van der Waals surface area contributed by atoms with E-state index in [0.717, 1.165) is 25.5 Å². The highest BCUT2D eigenvalue weighted by atomic mass is 35.5. The molecule has 19 heavy (non-hydrogen) atoms. The molecule has 1 fully saturated rings. The van der Waals surface area contributed by atoms with Gasteiger partial charge in [0.1, 0.15) is 4.21 Å². The third-order valence-electron chi connectivity index (χ3n) is 2.79. The van der Waals surface area contributed by atoms with E-state index in [2.05, 4.69) is 10.0 Å². The van der Waals surface area contributed by atoms with Crippen molar-refractivity contribution >= 4 is 38.6 Å². The quantitative estimate of drug-likeness (QED) is 0.628. The first-order valence-corrected chi connectivity index (χ1v) is 8.24. The molecule has 2 heterocycles. The predicted molar refractivity (Wildman–Crippen MR) is 72.2 cm³/mol. The van der Waals surface area contributed by atoms with Gasteiger partial charge in [-0.1, -0.05) is 11.6 Å². The molecule has 1 atom stereocenters. The fraction of sp³-hybridized carbons (Fsp3) is 0.556. The molecule has 1 aliphatic rings. The molecule has 0 spiro atoms. The van der Waals surface area contributed by atoms with Crippen LogP contribution in [-0.4, -0.2) is 32.5 Å². The molecule has 1 aromatic rings. The van der Waals surface area contributed by atoms with Gasteiger partial charge in [0.25, 0.3) is 5.69 Å². The molecule has 0 amide bonds. The van der Waals surface area contributed by atoms with Crippen molar-refractivity contribution < 1.29 is 13.3 Å². The normalized spacial score (nSPS) is 19.7. The summed E-state index contributed by atoms with van der Waals surface area (Å²) in [6.45, 7) is 1.15. The molecule has 1 unspecified atom stereocenters. The third-order valence-corrected chi connectivity index (χ3v) is 6.02. The molecular formula is C9H12ClN3O4S2. The largest absolute Gasteiger partial charge is 0.313 e. The molecule has 0 aromatic carbocycles. The van der Waals surface area contributed by atoms with Crippen LogP contribution in [0.25, 0.3) is 0 Å². The van der Waals surface area contributed by atoms with Crippen LogP contribution in [0.1, 0.15) is 12.8 Å². The summed E-state index contributed by atoms with van der Waals surface area (Å²) in [6, 6.07) is 1.09. The van der Waals surface area contributed by atoms with Gasteiger partial charge < -0.3 is 5.32 Å². The molecule has 10 heteroatoms. The number of nitrogens with one attached hydrogen (secondary N) is 2. The second-order valence-electron chi connectivity index (χ2n) is 4.13. The highest BCUT2D eigenvalue weighted by Crippen LogP contribution is 2.36. The third kappa shape index (κ3) is 3.42. The number of hydrogen-bond donors (Lipinski definition) is 2. The molecule has 106 valence electrons. The van der Waals surface area contributed by atoms with Crippen LogP contribution in [0.15, 0.2) is 10.3 Å². The van der Waals surface area contributed by atoms with E-state index < -0.39 is 14.9 Å². The molecule has 2 N–H and O–H groups in total. The summed E-state index contributed by atoms with van der Waals surface area (Å²) < 4.78 is 26.1. The Labute approximate surface area is 119 Å². The Morgan fingerprint density at radius 3 is 2.89 bits per heavy atom. The zero-order chi connectivity index (χ0) is 14.0. The topological polar surface area (TPSA) is 101 Å². The number of nitrogens with zero attached hydrogens (tertiary/aromatic N) is 1. The molecule has 0 aliphatic carbocycles. The number of halogens is 1. The zero-order valence-corrected chi connectivity index (χ0v) is 12.1. The van der Waals surface area contributed by atoms with Gasteiger partial charge in [-0.15, -0.1) is 11.3 Å². The highest BCUT2D eigenvalue weighted by molar-refractivity contribution is 7.91. The first-order chi connectivity index (χ1) is 8.90. The number of nitro groups is 1. The van der Waals surface area contributed by atoms with Crippen LogP contribution < -0.4 is 10.0 Å². The van der Waals surface area contributed by atoms with Gasteiger partial charge in [0.2, 0.25) is 10.0 Å². The molecule has 1 aliphatic heterocycles. The monoisotopic (exact) mass is 325 g/mol. The second kappa shape index (κ2) is 5.71. The van der Waals surface area contributed by atoms with E-state index in [0.29, 0.717) is 11.3 Å². The summed E-state index contributed by atoms with van der Waals surface area (Å²) in [6.07, 6.45) is 1.93. The van der Waals surface area contributed by atoms with Crippen molar-refractivity contribution in [3.05, 3.63) is 20.5 Å².